The molecule has 33 heavy (non-hydrogen) atoms. The molecule has 0 aliphatic carbocycles. The third-order valence-electron chi connectivity index (χ3n) is 5.90. The van der Waals surface area contributed by atoms with Gasteiger partial charge in [0.2, 0.25) is 0 Å². The van der Waals surface area contributed by atoms with Crippen molar-refractivity contribution in [2.24, 2.45) is 5.73 Å². The molecule has 3 heteroatoms. The topological polar surface area (TPSA) is 52.3 Å². The summed E-state index contributed by atoms with van der Waals surface area (Å²) in [6, 6.07) is 36.9. The predicted molar refractivity (Wildman–Crippen MR) is 135 cm³/mol. The van der Waals surface area contributed by atoms with E-state index in [0.29, 0.717) is 0 Å². The van der Waals surface area contributed by atoms with Crippen molar-refractivity contribution in [1.82, 2.24) is 0 Å². The molecule has 0 aliphatic rings. The summed E-state index contributed by atoms with van der Waals surface area (Å²) in [7, 11) is 0. The van der Waals surface area contributed by atoms with Crippen LogP contribution in [0.2, 0.25) is 0 Å². The number of rotatable bonds is 7. The third kappa shape index (κ3) is 5.39. The Morgan fingerprint density at radius 1 is 0.606 bits per heavy atom. The maximum atomic E-state index is 12.3. The van der Waals surface area contributed by atoms with Crippen molar-refractivity contribution in [3.63, 3.8) is 0 Å². The van der Waals surface area contributed by atoms with E-state index in [0.717, 1.165) is 22.3 Å². The Bertz CT molecular complexity index is 1080. The maximum absolute atomic E-state index is 12.3. The molecule has 0 radical (unpaired) electrons. The number of hydrogen-bond donors (Lipinski definition) is 1. The molecule has 4 aromatic rings. The van der Waals surface area contributed by atoms with E-state index >= 15 is 0 Å². The number of carbonyl (C=O) groups is 1. The minimum absolute atomic E-state index is 0.109. The number of hydrogen-bond acceptors (Lipinski definition) is 3. The molecular weight excluding hydrogens is 406 g/mol. The summed E-state index contributed by atoms with van der Waals surface area (Å²) in [5.41, 5.74) is 12.6. The average Bonchev–Trinajstić information content (AvgIpc) is 2.86. The largest absolute Gasteiger partial charge is 0.461 e. The van der Waals surface area contributed by atoms with Gasteiger partial charge in [0.1, 0.15) is 12.1 Å². The van der Waals surface area contributed by atoms with Crippen LogP contribution in [0.5, 0.6) is 0 Å². The molecule has 4 aromatic carbocycles. The highest BCUT2D eigenvalue weighted by atomic mass is 16.5. The van der Waals surface area contributed by atoms with E-state index in [-0.39, 0.29) is 12.0 Å². The first kappa shape index (κ1) is 22.5. The van der Waals surface area contributed by atoms with E-state index in [9.17, 15) is 4.79 Å². The van der Waals surface area contributed by atoms with Crippen LogP contribution >= 0.6 is 0 Å². The van der Waals surface area contributed by atoms with Crippen LogP contribution < -0.4 is 5.73 Å². The van der Waals surface area contributed by atoms with Crippen molar-refractivity contribution in [2.75, 3.05) is 0 Å². The van der Waals surface area contributed by atoms with Gasteiger partial charge in [-0.3, -0.25) is 4.79 Å². The highest BCUT2D eigenvalue weighted by molar-refractivity contribution is 5.75. The lowest BCUT2D eigenvalue weighted by atomic mass is 9.85. The molecule has 0 aromatic heterocycles. The van der Waals surface area contributed by atoms with E-state index in [1.165, 1.54) is 11.1 Å². The number of nitrogens with two attached hydrogens (primary N) is 1. The zero-order valence-corrected chi connectivity index (χ0v) is 19.0. The maximum Gasteiger partial charge on any atom is 0.322 e. The van der Waals surface area contributed by atoms with Crippen LogP contribution in [0.3, 0.4) is 0 Å². The molecule has 166 valence electrons. The molecule has 2 atom stereocenters. The van der Waals surface area contributed by atoms with E-state index < -0.39 is 12.0 Å². The Morgan fingerprint density at radius 3 is 1.33 bits per heavy atom. The Hall–Kier alpha value is -3.69. The Kier molecular flexibility index (Phi) is 7.01. The monoisotopic (exact) mass is 435 g/mol. The third-order valence-corrected chi connectivity index (χ3v) is 5.90. The van der Waals surface area contributed by atoms with Gasteiger partial charge in [0.15, 0.2) is 0 Å². The van der Waals surface area contributed by atoms with Gasteiger partial charge in [0, 0.05) is 5.92 Å². The van der Waals surface area contributed by atoms with E-state index in [1.807, 2.05) is 43.3 Å². The number of benzene rings is 4. The summed E-state index contributed by atoms with van der Waals surface area (Å²) in [5, 5.41) is 0. The van der Waals surface area contributed by atoms with Crippen molar-refractivity contribution in [3.05, 3.63) is 120 Å². The van der Waals surface area contributed by atoms with Gasteiger partial charge < -0.3 is 10.5 Å². The van der Waals surface area contributed by atoms with Gasteiger partial charge in [0.25, 0.3) is 0 Å². The first-order valence-electron chi connectivity index (χ1n) is 11.3. The zero-order chi connectivity index (χ0) is 23.2. The Labute approximate surface area is 195 Å². The van der Waals surface area contributed by atoms with Crippen LogP contribution in [-0.4, -0.2) is 18.1 Å². The first-order chi connectivity index (χ1) is 16.0. The number of esters is 1. The van der Waals surface area contributed by atoms with E-state index in [4.69, 9.17) is 10.5 Å². The van der Waals surface area contributed by atoms with Crippen LogP contribution in [-0.2, 0) is 9.53 Å². The molecule has 0 saturated heterocycles. The summed E-state index contributed by atoms with van der Waals surface area (Å²) < 4.78 is 5.75. The van der Waals surface area contributed by atoms with Crippen LogP contribution in [0.4, 0.5) is 0 Å². The Morgan fingerprint density at radius 2 is 0.970 bits per heavy atom. The quantitative estimate of drug-likeness (QED) is 0.340. The van der Waals surface area contributed by atoms with Crippen LogP contribution in [0.15, 0.2) is 109 Å². The minimum atomic E-state index is -0.658. The highest BCUT2D eigenvalue weighted by Crippen LogP contribution is 2.33. The number of carbonyl (C=O) groups excluding carboxylic acids is 1. The molecular formula is C30H29NO2. The molecule has 2 N–H and O–H groups in total. The summed E-state index contributed by atoms with van der Waals surface area (Å²) in [6.07, 6.45) is -0.367. The van der Waals surface area contributed by atoms with Crippen LogP contribution in [0, 0.1) is 0 Å². The van der Waals surface area contributed by atoms with Crippen molar-refractivity contribution in [3.8, 4) is 22.3 Å². The van der Waals surface area contributed by atoms with Gasteiger partial charge >= 0.3 is 5.97 Å². The first-order valence-corrected chi connectivity index (χ1v) is 11.3. The highest BCUT2D eigenvalue weighted by Gasteiger charge is 2.26. The number of ether oxygens (including phenoxy) is 1. The molecule has 0 unspecified atom stereocenters. The van der Waals surface area contributed by atoms with Gasteiger partial charge in [0.05, 0.1) is 0 Å². The second-order valence-corrected chi connectivity index (χ2v) is 8.38. The van der Waals surface area contributed by atoms with Crippen molar-refractivity contribution >= 4 is 5.97 Å². The van der Waals surface area contributed by atoms with E-state index in [1.54, 1.807) is 6.92 Å². The minimum Gasteiger partial charge on any atom is -0.461 e. The molecule has 0 fully saturated rings. The van der Waals surface area contributed by atoms with Gasteiger partial charge in [-0.15, -0.1) is 0 Å². The molecule has 0 aliphatic heterocycles. The fourth-order valence-corrected chi connectivity index (χ4v) is 4.12. The smallest absolute Gasteiger partial charge is 0.322 e. The fourth-order valence-electron chi connectivity index (χ4n) is 4.12. The van der Waals surface area contributed by atoms with Gasteiger partial charge in [-0.05, 0) is 47.2 Å². The lowest BCUT2D eigenvalue weighted by molar-refractivity contribution is -0.149. The van der Waals surface area contributed by atoms with Crippen LogP contribution in [0.1, 0.15) is 30.9 Å². The van der Waals surface area contributed by atoms with Crippen molar-refractivity contribution in [2.45, 2.75) is 31.9 Å². The van der Waals surface area contributed by atoms with Crippen LogP contribution in [0.25, 0.3) is 22.3 Å². The van der Waals surface area contributed by atoms with E-state index in [2.05, 4.69) is 72.8 Å². The summed E-state index contributed by atoms with van der Waals surface area (Å²) in [4.78, 5) is 12.3. The normalized spacial score (nSPS) is 12.8. The van der Waals surface area contributed by atoms with Crippen molar-refractivity contribution in [1.29, 1.82) is 0 Å². The molecule has 0 spiro atoms. The summed E-state index contributed by atoms with van der Waals surface area (Å²) in [6.45, 7) is 3.58. The second kappa shape index (κ2) is 10.3. The molecule has 0 bridgehead atoms. The SMILES string of the molecule is C[C@H](N)C(=O)O[C@@H](C)C(c1ccc(-c2ccccc2)cc1)c1ccc(-c2ccccc2)cc1. The lowest BCUT2D eigenvalue weighted by Gasteiger charge is -2.26. The second-order valence-electron chi connectivity index (χ2n) is 8.38. The van der Waals surface area contributed by atoms with Crippen molar-refractivity contribution < 1.29 is 9.53 Å². The zero-order valence-electron chi connectivity index (χ0n) is 19.0. The average molecular weight is 436 g/mol. The molecule has 4 rings (SSSR count). The Balaban J connectivity index is 1.67. The molecule has 0 saturated carbocycles. The molecule has 0 heterocycles. The van der Waals surface area contributed by atoms with Gasteiger partial charge in [-0.25, -0.2) is 0 Å². The van der Waals surface area contributed by atoms with Gasteiger partial charge in [-0.2, -0.15) is 0 Å². The fraction of sp³-hybridized carbons (Fsp3) is 0.167. The predicted octanol–water partition coefficient (Wildman–Crippen LogP) is 6.43. The molecule has 3 nitrogen and oxygen atoms in total. The lowest BCUT2D eigenvalue weighted by Crippen LogP contribution is -2.33. The van der Waals surface area contributed by atoms with Gasteiger partial charge in [-0.1, -0.05) is 109 Å². The summed E-state index contributed by atoms with van der Waals surface area (Å²) >= 11 is 0. The molecule has 0 amide bonds. The summed E-state index contributed by atoms with van der Waals surface area (Å²) in [5.74, 6) is -0.503. The standard InChI is InChI=1S/C30H29NO2/c1-21(31)30(32)33-22(2)29(27-17-13-25(14-18-27)23-9-5-3-6-10-23)28-19-15-26(16-20-28)24-11-7-4-8-12-24/h3-22,29H,31H2,1-2H3/t21-,22-/m0/s1.